The van der Waals surface area contributed by atoms with E-state index in [1.165, 1.54) is 25.1 Å². The fourth-order valence-electron chi connectivity index (χ4n) is 4.24. The highest BCUT2D eigenvalue weighted by atomic mass is 19.1. The number of Topliss-reactive ketones (excluding diaryl/α,β-unsaturated/α-hetero) is 1. The summed E-state index contributed by atoms with van der Waals surface area (Å²) in [7, 11) is 0. The highest BCUT2D eigenvalue weighted by Crippen LogP contribution is 2.36. The van der Waals surface area contributed by atoms with E-state index < -0.39 is 29.2 Å². The zero-order chi connectivity index (χ0) is 26.5. The number of nitrogens with two attached hydrogens (primary N) is 2. The fourth-order valence-corrected chi connectivity index (χ4v) is 4.24. The van der Waals surface area contributed by atoms with E-state index in [1.807, 2.05) is 4.90 Å². The molecule has 1 aromatic rings. The molecule has 7 N–H and O–H groups in total. The van der Waals surface area contributed by atoms with Gasteiger partial charge >= 0.3 is 0 Å². The molecule has 2 aliphatic rings. The van der Waals surface area contributed by atoms with Gasteiger partial charge < -0.3 is 32.1 Å². The average molecular weight is 500 g/mol. The monoisotopic (exact) mass is 499 g/mol. The summed E-state index contributed by atoms with van der Waals surface area (Å²) in [5, 5.41) is 15.4. The highest BCUT2D eigenvalue weighted by Gasteiger charge is 2.51. The maximum absolute atomic E-state index is 14.4. The SMILES string of the molecule is C=C(N)/C=C\C(=C/N)C(=O)NC1(C(=O)NCC2CCN(c3cccc(F)c3C(=O)C(C)O)CC2)CC1. The normalized spacial score (nSPS) is 18.5. The number of carbonyl (C=O) groups is 3. The van der Waals surface area contributed by atoms with Gasteiger partial charge in [0.05, 0.1) is 16.8 Å². The third-order valence-electron chi connectivity index (χ3n) is 6.58. The van der Waals surface area contributed by atoms with Crippen molar-refractivity contribution in [3.05, 3.63) is 65.8 Å². The van der Waals surface area contributed by atoms with Gasteiger partial charge in [0.15, 0.2) is 5.78 Å². The number of rotatable bonds is 10. The highest BCUT2D eigenvalue weighted by molar-refractivity contribution is 6.04. The molecule has 1 heterocycles. The molecule has 0 radical (unpaired) electrons. The number of nitrogens with zero attached hydrogens (tertiary/aromatic N) is 1. The van der Waals surface area contributed by atoms with E-state index in [0.717, 1.165) is 19.0 Å². The van der Waals surface area contributed by atoms with E-state index in [-0.39, 0.29) is 28.7 Å². The van der Waals surface area contributed by atoms with Crippen LogP contribution >= 0.6 is 0 Å². The van der Waals surface area contributed by atoms with Crippen molar-refractivity contribution in [2.75, 3.05) is 24.5 Å². The minimum Gasteiger partial charge on any atom is -0.404 e. The zero-order valence-electron chi connectivity index (χ0n) is 20.4. The summed E-state index contributed by atoms with van der Waals surface area (Å²) in [6.45, 7) is 6.46. The predicted octanol–water partition coefficient (Wildman–Crippen LogP) is 1.24. The van der Waals surface area contributed by atoms with E-state index in [9.17, 15) is 23.9 Å². The first-order chi connectivity index (χ1) is 17.1. The lowest BCUT2D eigenvalue weighted by Crippen LogP contribution is -2.50. The maximum Gasteiger partial charge on any atom is 0.253 e. The number of aliphatic hydroxyl groups excluding tert-OH is 1. The summed E-state index contributed by atoms with van der Waals surface area (Å²) in [5.74, 6) is -1.81. The van der Waals surface area contributed by atoms with Crippen molar-refractivity contribution in [3.8, 4) is 0 Å². The number of aliphatic hydroxyl groups is 1. The summed E-state index contributed by atoms with van der Waals surface area (Å²) in [4.78, 5) is 39.7. The van der Waals surface area contributed by atoms with Gasteiger partial charge in [-0.3, -0.25) is 14.4 Å². The second-order valence-electron chi connectivity index (χ2n) is 9.38. The number of ketones is 1. The van der Waals surface area contributed by atoms with E-state index in [2.05, 4.69) is 17.2 Å². The fraction of sp³-hybridized carbons (Fsp3) is 0.423. The number of hydrogen-bond donors (Lipinski definition) is 5. The molecule has 1 atom stereocenters. The number of nitrogens with one attached hydrogen (secondary N) is 2. The van der Waals surface area contributed by atoms with Crippen LogP contribution in [0.3, 0.4) is 0 Å². The first-order valence-electron chi connectivity index (χ1n) is 12.0. The standard InChI is InChI=1S/C26H34FN5O4/c1-16(29)6-7-19(14-28)24(35)31-26(10-11-26)25(36)30-15-18-8-12-32(13-9-18)21-5-3-4-20(27)22(21)23(34)17(2)33/h3-7,14,17-18,33H,1,8-13,15,28-29H2,2H3,(H,30,36)(H,31,35)/b7-6-,19-14+. The predicted molar refractivity (Wildman–Crippen MR) is 135 cm³/mol. The molecule has 1 saturated carbocycles. The molecule has 0 aromatic heterocycles. The maximum atomic E-state index is 14.4. The summed E-state index contributed by atoms with van der Waals surface area (Å²) in [6, 6.07) is 4.45. The minimum atomic E-state index is -1.30. The van der Waals surface area contributed by atoms with Gasteiger partial charge in [-0.25, -0.2) is 4.39 Å². The van der Waals surface area contributed by atoms with E-state index in [4.69, 9.17) is 11.5 Å². The van der Waals surface area contributed by atoms with Crippen molar-refractivity contribution in [2.24, 2.45) is 17.4 Å². The number of carbonyl (C=O) groups excluding carboxylic acids is 3. The van der Waals surface area contributed by atoms with Gasteiger partial charge in [-0.2, -0.15) is 0 Å². The van der Waals surface area contributed by atoms with Gasteiger partial charge in [-0.15, -0.1) is 0 Å². The number of piperidine rings is 1. The number of halogens is 1. The first kappa shape index (κ1) is 26.9. The van der Waals surface area contributed by atoms with Gasteiger partial charge in [0.25, 0.3) is 5.91 Å². The number of hydrogen-bond acceptors (Lipinski definition) is 7. The van der Waals surface area contributed by atoms with Crippen molar-refractivity contribution in [2.45, 2.75) is 44.2 Å². The van der Waals surface area contributed by atoms with Crippen LogP contribution in [0.15, 0.2) is 54.4 Å². The molecule has 36 heavy (non-hydrogen) atoms. The van der Waals surface area contributed by atoms with Crippen molar-refractivity contribution in [1.29, 1.82) is 0 Å². The quantitative estimate of drug-likeness (QED) is 0.185. The van der Waals surface area contributed by atoms with Crippen LogP contribution in [0.2, 0.25) is 0 Å². The Morgan fingerprint density at radius 2 is 1.94 bits per heavy atom. The molecule has 1 aliphatic carbocycles. The molecule has 0 spiro atoms. The molecule has 10 heteroatoms. The molecule has 194 valence electrons. The van der Waals surface area contributed by atoms with Crippen LogP contribution in [0, 0.1) is 11.7 Å². The second-order valence-corrected chi connectivity index (χ2v) is 9.38. The Morgan fingerprint density at radius 3 is 2.50 bits per heavy atom. The molecule has 0 bridgehead atoms. The van der Waals surface area contributed by atoms with Crippen LogP contribution in [0.4, 0.5) is 10.1 Å². The molecule has 1 aliphatic heterocycles. The lowest BCUT2D eigenvalue weighted by Gasteiger charge is -2.35. The van der Waals surface area contributed by atoms with Crippen LogP contribution in [0.25, 0.3) is 0 Å². The van der Waals surface area contributed by atoms with E-state index in [1.54, 1.807) is 12.1 Å². The lowest BCUT2D eigenvalue weighted by molar-refractivity contribution is -0.128. The van der Waals surface area contributed by atoms with Crippen LogP contribution in [0.5, 0.6) is 0 Å². The van der Waals surface area contributed by atoms with Gasteiger partial charge in [0.1, 0.15) is 17.5 Å². The molecule has 2 amide bonds. The molecule has 1 aromatic carbocycles. The average Bonchev–Trinajstić information content (AvgIpc) is 3.63. The largest absolute Gasteiger partial charge is 0.404 e. The van der Waals surface area contributed by atoms with Crippen LogP contribution in [-0.4, -0.2) is 54.0 Å². The Kier molecular flexibility index (Phi) is 8.52. The van der Waals surface area contributed by atoms with Gasteiger partial charge in [0, 0.05) is 31.5 Å². The molecule has 2 fully saturated rings. The third kappa shape index (κ3) is 6.31. The molecular weight excluding hydrogens is 465 g/mol. The van der Waals surface area contributed by atoms with E-state index in [0.29, 0.717) is 38.2 Å². The Bertz CT molecular complexity index is 1090. The van der Waals surface area contributed by atoms with Gasteiger partial charge in [-0.1, -0.05) is 12.6 Å². The molecule has 9 nitrogen and oxygen atoms in total. The zero-order valence-corrected chi connectivity index (χ0v) is 20.4. The Morgan fingerprint density at radius 1 is 1.28 bits per heavy atom. The van der Waals surface area contributed by atoms with E-state index >= 15 is 0 Å². The summed E-state index contributed by atoms with van der Waals surface area (Å²) < 4.78 is 14.4. The summed E-state index contributed by atoms with van der Waals surface area (Å²) >= 11 is 0. The molecule has 1 unspecified atom stereocenters. The Hall–Kier alpha value is -3.66. The number of allylic oxidation sites excluding steroid dienone is 1. The lowest BCUT2D eigenvalue weighted by atomic mass is 9.94. The van der Waals surface area contributed by atoms with Crippen molar-refractivity contribution < 1.29 is 23.9 Å². The Balaban J connectivity index is 1.53. The first-order valence-corrected chi connectivity index (χ1v) is 12.0. The smallest absolute Gasteiger partial charge is 0.253 e. The van der Waals surface area contributed by atoms with Gasteiger partial charge in [0.2, 0.25) is 5.91 Å². The second kappa shape index (κ2) is 11.4. The summed E-state index contributed by atoms with van der Waals surface area (Å²) in [5.41, 5.74) is 10.9. The van der Waals surface area contributed by atoms with Crippen LogP contribution < -0.4 is 27.0 Å². The topological polar surface area (TPSA) is 151 Å². The van der Waals surface area contributed by atoms with Crippen LogP contribution in [0.1, 0.15) is 43.0 Å². The van der Waals surface area contributed by atoms with Crippen LogP contribution in [-0.2, 0) is 9.59 Å². The number of benzene rings is 1. The summed E-state index contributed by atoms with van der Waals surface area (Å²) in [6.07, 6.45) is 5.28. The molecule has 1 saturated heterocycles. The van der Waals surface area contributed by atoms with Crippen molar-refractivity contribution in [3.63, 3.8) is 0 Å². The Labute approximate surface area is 210 Å². The molecule has 3 rings (SSSR count). The molecular formula is C26H34FN5O4. The minimum absolute atomic E-state index is 0.0952. The third-order valence-corrected chi connectivity index (χ3v) is 6.58. The van der Waals surface area contributed by atoms with Crippen molar-refractivity contribution in [1.82, 2.24) is 10.6 Å². The van der Waals surface area contributed by atoms with Crippen molar-refractivity contribution >= 4 is 23.3 Å². The number of anilines is 1. The number of amides is 2. The van der Waals surface area contributed by atoms with Gasteiger partial charge in [-0.05, 0) is 62.8 Å².